The van der Waals surface area contributed by atoms with Gasteiger partial charge in [0, 0.05) is 28.3 Å². The van der Waals surface area contributed by atoms with E-state index >= 15 is 0 Å². The molecule has 1 saturated heterocycles. The summed E-state index contributed by atoms with van der Waals surface area (Å²) in [5, 5.41) is 2.80. The Kier molecular flexibility index (Phi) is 4.11. The summed E-state index contributed by atoms with van der Waals surface area (Å²) < 4.78 is 24.8. The Morgan fingerprint density at radius 2 is 2.06 bits per heavy atom. The fourth-order valence-corrected chi connectivity index (χ4v) is 3.30. The number of hydrogen-bond donors (Lipinski definition) is 1. The molecule has 0 aromatic heterocycles. The molecule has 1 aliphatic rings. The molecule has 1 heterocycles. The second-order valence-corrected chi connectivity index (χ2v) is 6.28. The number of carbonyl (C=O) groups excluding carboxylic acids is 1. The third-order valence-corrected chi connectivity index (χ3v) is 4.47. The van der Waals surface area contributed by atoms with Crippen LogP contribution in [0, 0.1) is 12.7 Å². The van der Waals surface area contributed by atoms with Gasteiger partial charge in [-0.3, -0.25) is 9.00 Å². The standard InChI is InChI=1S/C13H16FNO2S/c1-9-2-3-11(12(14)8-9)13(16)15-10-4-6-18(17)7-5-10/h2-3,8,10H,4-7H2,1H3,(H,15,16). The highest BCUT2D eigenvalue weighted by Gasteiger charge is 2.21. The van der Waals surface area contributed by atoms with Crippen molar-refractivity contribution in [3.8, 4) is 0 Å². The van der Waals surface area contributed by atoms with Crippen LogP contribution in [0.5, 0.6) is 0 Å². The highest BCUT2D eigenvalue weighted by atomic mass is 32.2. The van der Waals surface area contributed by atoms with E-state index in [9.17, 15) is 13.4 Å². The van der Waals surface area contributed by atoms with Crippen molar-refractivity contribution >= 4 is 16.7 Å². The number of aryl methyl sites for hydroxylation is 1. The third-order valence-electron chi connectivity index (χ3n) is 3.09. The van der Waals surface area contributed by atoms with Crippen molar-refractivity contribution in [1.82, 2.24) is 5.32 Å². The smallest absolute Gasteiger partial charge is 0.254 e. The van der Waals surface area contributed by atoms with E-state index in [-0.39, 0.29) is 17.5 Å². The fraction of sp³-hybridized carbons (Fsp3) is 0.462. The summed E-state index contributed by atoms with van der Waals surface area (Å²) in [5.74, 6) is 0.347. The molecule has 0 atom stereocenters. The van der Waals surface area contributed by atoms with Gasteiger partial charge in [-0.05, 0) is 37.5 Å². The van der Waals surface area contributed by atoms with Crippen molar-refractivity contribution in [2.75, 3.05) is 11.5 Å². The van der Waals surface area contributed by atoms with Crippen LogP contribution in [0.4, 0.5) is 4.39 Å². The van der Waals surface area contributed by atoms with Crippen LogP contribution in [0.25, 0.3) is 0 Å². The first-order chi connectivity index (χ1) is 8.56. The maximum absolute atomic E-state index is 13.6. The molecule has 1 aromatic carbocycles. The van der Waals surface area contributed by atoms with E-state index in [1.807, 2.05) is 0 Å². The molecule has 0 spiro atoms. The molecule has 1 N–H and O–H groups in total. The van der Waals surface area contributed by atoms with Gasteiger partial charge in [0.1, 0.15) is 5.82 Å². The van der Waals surface area contributed by atoms with Crippen molar-refractivity contribution in [3.05, 3.63) is 35.1 Å². The largest absolute Gasteiger partial charge is 0.349 e. The van der Waals surface area contributed by atoms with Crippen molar-refractivity contribution in [1.29, 1.82) is 0 Å². The summed E-state index contributed by atoms with van der Waals surface area (Å²) in [6.07, 6.45) is 1.40. The van der Waals surface area contributed by atoms with Gasteiger partial charge < -0.3 is 5.32 Å². The predicted molar refractivity (Wildman–Crippen MR) is 69.5 cm³/mol. The number of carbonyl (C=O) groups is 1. The van der Waals surface area contributed by atoms with E-state index in [0.29, 0.717) is 24.3 Å². The fourth-order valence-electron chi connectivity index (χ4n) is 2.01. The highest BCUT2D eigenvalue weighted by molar-refractivity contribution is 7.85. The van der Waals surface area contributed by atoms with Crippen LogP contribution in [0.1, 0.15) is 28.8 Å². The van der Waals surface area contributed by atoms with Crippen LogP contribution in [0.15, 0.2) is 18.2 Å². The molecule has 5 heteroatoms. The molecular weight excluding hydrogens is 253 g/mol. The van der Waals surface area contributed by atoms with Crippen molar-refractivity contribution in [2.24, 2.45) is 0 Å². The Balaban J connectivity index is 2.01. The first kappa shape index (κ1) is 13.2. The average Bonchev–Trinajstić information content (AvgIpc) is 2.32. The van der Waals surface area contributed by atoms with Crippen LogP contribution in [0.3, 0.4) is 0 Å². The normalized spacial score (nSPS) is 23.7. The van der Waals surface area contributed by atoms with Crippen molar-refractivity contribution in [2.45, 2.75) is 25.8 Å². The number of nitrogens with one attached hydrogen (secondary N) is 1. The molecule has 98 valence electrons. The number of halogens is 1. The van der Waals surface area contributed by atoms with E-state index < -0.39 is 16.6 Å². The number of hydrogen-bond acceptors (Lipinski definition) is 2. The van der Waals surface area contributed by atoms with Crippen LogP contribution in [-0.2, 0) is 10.8 Å². The van der Waals surface area contributed by atoms with Gasteiger partial charge in [0.05, 0.1) is 5.56 Å². The lowest BCUT2D eigenvalue weighted by Gasteiger charge is -2.22. The summed E-state index contributed by atoms with van der Waals surface area (Å²) in [6.45, 7) is 1.78. The Labute approximate surface area is 108 Å². The molecule has 18 heavy (non-hydrogen) atoms. The minimum atomic E-state index is -0.753. The van der Waals surface area contributed by atoms with Gasteiger partial charge in [-0.2, -0.15) is 0 Å². The second kappa shape index (κ2) is 5.61. The first-order valence-electron chi connectivity index (χ1n) is 5.98. The van der Waals surface area contributed by atoms with Gasteiger partial charge in [-0.1, -0.05) is 6.07 Å². The quantitative estimate of drug-likeness (QED) is 0.889. The zero-order valence-corrected chi connectivity index (χ0v) is 11.1. The van der Waals surface area contributed by atoms with Crippen LogP contribution in [-0.4, -0.2) is 27.7 Å². The van der Waals surface area contributed by atoms with E-state index in [2.05, 4.69) is 5.32 Å². The maximum Gasteiger partial charge on any atom is 0.254 e. The minimum Gasteiger partial charge on any atom is -0.349 e. The van der Waals surface area contributed by atoms with Crippen LogP contribution < -0.4 is 5.32 Å². The summed E-state index contributed by atoms with van der Waals surface area (Å²) >= 11 is 0. The summed E-state index contributed by atoms with van der Waals surface area (Å²) in [5.41, 5.74) is 0.865. The SMILES string of the molecule is Cc1ccc(C(=O)NC2CCS(=O)CC2)c(F)c1. The zero-order valence-electron chi connectivity index (χ0n) is 10.2. The summed E-state index contributed by atoms with van der Waals surface area (Å²) in [6, 6.07) is 4.58. The zero-order chi connectivity index (χ0) is 13.1. The highest BCUT2D eigenvalue weighted by Crippen LogP contribution is 2.13. The molecule has 0 unspecified atom stereocenters. The van der Waals surface area contributed by atoms with Crippen LogP contribution in [0.2, 0.25) is 0 Å². The van der Waals surface area contributed by atoms with E-state index in [1.165, 1.54) is 12.1 Å². The number of amides is 1. The molecule has 1 aliphatic heterocycles. The molecular formula is C13H16FNO2S. The van der Waals surface area contributed by atoms with E-state index in [1.54, 1.807) is 13.0 Å². The number of benzene rings is 1. The molecule has 0 bridgehead atoms. The molecule has 1 amide bonds. The van der Waals surface area contributed by atoms with E-state index in [0.717, 1.165) is 5.56 Å². The maximum atomic E-state index is 13.6. The molecule has 0 saturated carbocycles. The molecule has 1 aromatic rings. The lowest BCUT2D eigenvalue weighted by molar-refractivity contribution is 0.0930. The lowest BCUT2D eigenvalue weighted by Crippen LogP contribution is -2.39. The van der Waals surface area contributed by atoms with E-state index in [4.69, 9.17) is 0 Å². The molecule has 0 radical (unpaired) electrons. The Morgan fingerprint density at radius 3 is 2.67 bits per heavy atom. The van der Waals surface area contributed by atoms with Gasteiger partial charge in [0.25, 0.3) is 5.91 Å². The van der Waals surface area contributed by atoms with Gasteiger partial charge >= 0.3 is 0 Å². The second-order valence-electron chi connectivity index (χ2n) is 4.58. The Hall–Kier alpha value is -1.23. The Bertz CT molecular complexity index is 480. The lowest BCUT2D eigenvalue weighted by atomic mass is 10.1. The van der Waals surface area contributed by atoms with Crippen LogP contribution >= 0.6 is 0 Å². The van der Waals surface area contributed by atoms with Gasteiger partial charge in [-0.15, -0.1) is 0 Å². The number of rotatable bonds is 2. The average molecular weight is 269 g/mol. The summed E-state index contributed by atoms with van der Waals surface area (Å²) in [7, 11) is -0.753. The Morgan fingerprint density at radius 1 is 1.39 bits per heavy atom. The van der Waals surface area contributed by atoms with Crippen molar-refractivity contribution in [3.63, 3.8) is 0 Å². The first-order valence-corrected chi connectivity index (χ1v) is 7.47. The molecule has 2 rings (SSSR count). The van der Waals surface area contributed by atoms with Crippen molar-refractivity contribution < 1.29 is 13.4 Å². The topological polar surface area (TPSA) is 46.2 Å². The van der Waals surface area contributed by atoms with Gasteiger partial charge in [0.2, 0.25) is 0 Å². The minimum absolute atomic E-state index is 0.0101. The monoisotopic (exact) mass is 269 g/mol. The molecule has 1 fully saturated rings. The predicted octanol–water partition coefficient (Wildman–Crippen LogP) is 1.78. The third kappa shape index (κ3) is 3.16. The molecule has 0 aliphatic carbocycles. The molecule has 3 nitrogen and oxygen atoms in total. The van der Waals surface area contributed by atoms with Gasteiger partial charge in [-0.25, -0.2) is 4.39 Å². The van der Waals surface area contributed by atoms with Gasteiger partial charge in [0.15, 0.2) is 0 Å². The summed E-state index contributed by atoms with van der Waals surface area (Å²) in [4.78, 5) is 11.9.